The first-order valence-electron chi connectivity index (χ1n) is 6.62. The number of hydrogen-bond acceptors (Lipinski definition) is 3. The van der Waals surface area contributed by atoms with Crippen LogP contribution in [0.3, 0.4) is 0 Å². The molecule has 0 bridgehead atoms. The summed E-state index contributed by atoms with van der Waals surface area (Å²) in [6.07, 6.45) is 5.09. The zero-order valence-electron chi connectivity index (χ0n) is 11.7. The predicted molar refractivity (Wildman–Crippen MR) is 85.4 cm³/mol. The van der Waals surface area contributed by atoms with Crippen LogP contribution in [0.25, 0.3) is 0 Å². The molecule has 1 aromatic rings. The molecule has 1 aliphatic heterocycles. The molecular weight excluding hydrogens is 281 g/mol. The molecule has 110 valence electrons. The smallest absolute Gasteiger partial charge is 0.0366 e. The molecule has 5 heteroatoms. The largest absolute Gasteiger partial charge is 0.314 e. The van der Waals surface area contributed by atoms with Gasteiger partial charge in [0.2, 0.25) is 0 Å². The average Bonchev–Trinajstić information content (AvgIpc) is 2.38. The quantitative estimate of drug-likeness (QED) is 0.927. The second-order valence-electron chi connectivity index (χ2n) is 5.22. The van der Waals surface area contributed by atoms with E-state index in [0.29, 0.717) is 6.04 Å². The van der Waals surface area contributed by atoms with Crippen LogP contribution >= 0.6 is 24.8 Å². The number of piperazine rings is 1. The third kappa shape index (κ3) is 5.65. The number of rotatable bonds is 4. The van der Waals surface area contributed by atoms with Crippen LogP contribution < -0.4 is 5.32 Å². The Kier molecular flexibility index (Phi) is 9.36. The average molecular weight is 306 g/mol. The molecule has 0 saturated carbocycles. The van der Waals surface area contributed by atoms with Crippen molar-refractivity contribution in [1.82, 2.24) is 15.2 Å². The fourth-order valence-electron chi connectivity index (χ4n) is 2.51. The Balaban J connectivity index is 0.00000162. The molecular formula is C14H25Cl2N3. The van der Waals surface area contributed by atoms with E-state index in [9.17, 15) is 0 Å². The molecule has 1 atom stereocenters. The molecule has 2 heterocycles. The van der Waals surface area contributed by atoms with E-state index in [1.165, 1.54) is 12.0 Å². The van der Waals surface area contributed by atoms with Crippen molar-refractivity contribution in [2.45, 2.75) is 26.3 Å². The number of nitrogens with zero attached hydrogens (tertiary/aromatic N) is 2. The molecule has 0 amide bonds. The standard InChI is InChI=1S/C14H23N3.2ClH/c1-12(2)10-14(13-4-3-5-16-11-13)17-8-6-15-7-9-17;;/h3-5,11-12,14-15H,6-10H2,1-2H3;2*1H/t14-;;/m0../s1. The van der Waals surface area contributed by atoms with Crippen molar-refractivity contribution in [3.8, 4) is 0 Å². The maximum absolute atomic E-state index is 4.27. The normalized spacial score (nSPS) is 17.4. The lowest BCUT2D eigenvalue weighted by Crippen LogP contribution is -2.45. The highest BCUT2D eigenvalue weighted by molar-refractivity contribution is 5.85. The first kappa shape index (κ1) is 18.7. The van der Waals surface area contributed by atoms with Gasteiger partial charge in [0.05, 0.1) is 0 Å². The number of hydrogen-bond donors (Lipinski definition) is 1. The summed E-state index contributed by atoms with van der Waals surface area (Å²) in [7, 11) is 0. The molecule has 19 heavy (non-hydrogen) atoms. The van der Waals surface area contributed by atoms with E-state index >= 15 is 0 Å². The molecule has 0 unspecified atom stereocenters. The Hall–Kier alpha value is -0.350. The molecule has 1 aliphatic rings. The summed E-state index contributed by atoms with van der Waals surface area (Å²) in [5, 5.41) is 3.42. The van der Waals surface area contributed by atoms with E-state index in [0.717, 1.165) is 32.1 Å². The summed E-state index contributed by atoms with van der Waals surface area (Å²) in [5.74, 6) is 0.718. The van der Waals surface area contributed by atoms with E-state index in [4.69, 9.17) is 0 Å². The molecule has 1 saturated heterocycles. The third-order valence-electron chi connectivity index (χ3n) is 3.36. The van der Waals surface area contributed by atoms with Gasteiger partial charge >= 0.3 is 0 Å². The van der Waals surface area contributed by atoms with Crippen molar-refractivity contribution in [3.63, 3.8) is 0 Å². The Morgan fingerprint density at radius 2 is 1.95 bits per heavy atom. The van der Waals surface area contributed by atoms with Gasteiger partial charge in [0.15, 0.2) is 0 Å². The first-order valence-corrected chi connectivity index (χ1v) is 6.62. The van der Waals surface area contributed by atoms with Gasteiger partial charge in [0.1, 0.15) is 0 Å². The van der Waals surface area contributed by atoms with Crippen molar-refractivity contribution < 1.29 is 0 Å². The van der Waals surface area contributed by atoms with Crippen LogP contribution in [0, 0.1) is 5.92 Å². The summed E-state index contributed by atoms with van der Waals surface area (Å²) in [6, 6.07) is 4.79. The van der Waals surface area contributed by atoms with E-state index in [2.05, 4.69) is 35.1 Å². The highest BCUT2D eigenvalue weighted by Crippen LogP contribution is 2.27. The monoisotopic (exact) mass is 305 g/mol. The van der Waals surface area contributed by atoms with Gasteiger partial charge in [-0.15, -0.1) is 24.8 Å². The fourth-order valence-corrected chi connectivity index (χ4v) is 2.51. The number of aromatic nitrogens is 1. The van der Waals surface area contributed by atoms with Crippen LogP contribution in [0.1, 0.15) is 31.9 Å². The van der Waals surface area contributed by atoms with Crippen molar-refractivity contribution in [2.75, 3.05) is 26.2 Å². The van der Waals surface area contributed by atoms with Crippen LogP contribution in [-0.2, 0) is 0 Å². The molecule has 1 N–H and O–H groups in total. The summed E-state index contributed by atoms with van der Waals surface area (Å²) in [5.41, 5.74) is 1.36. The summed E-state index contributed by atoms with van der Waals surface area (Å²) >= 11 is 0. The van der Waals surface area contributed by atoms with Crippen LogP contribution in [0.2, 0.25) is 0 Å². The van der Waals surface area contributed by atoms with E-state index in [1.54, 1.807) is 0 Å². The summed E-state index contributed by atoms with van der Waals surface area (Å²) in [4.78, 5) is 6.86. The van der Waals surface area contributed by atoms with Crippen molar-refractivity contribution >= 4 is 24.8 Å². The highest BCUT2D eigenvalue weighted by Gasteiger charge is 2.22. The minimum atomic E-state index is 0. The molecule has 1 fully saturated rings. The lowest BCUT2D eigenvalue weighted by molar-refractivity contribution is 0.154. The van der Waals surface area contributed by atoms with Gasteiger partial charge < -0.3 is 5.32 Å². The summed E-state index contributed by atoms with van der Waals surface area (Å²) < 4.78 is 0. The second-order valence-corrected chi connectivity index (χ2v) is 5.22. The predicted octanol–water partition coefficient (Wildman–Crippen LogP) is 2.92. The molecule has 0 spiro atoms. The maximum atomic E-state index is 4.27. The van der Waals surface area contributed by atoms with Crippen LogP contribution in [0.15, 0.2) is 24.5 Å². The number of nitrogens with one attached hydrogen (secondary N) is 1. The van der Waals surface area contributed by atoms with Crippen molar-refractivity contribution in [3.05, 3.63) is 30.1 Å². The minimum absolute atomic E-state index is 0. The van der Waals surface area contributed by atoms with Gasteiger partial charge in [-0.25, -0.2) is 0 Å². The van der Waals surface area contributed by atoms with Crippen molar-refractivity contribution in [2.24, 2.45) is 5.92 Å². The molecule has 0 aromatic carbocycles. The van der Waals surface area contributed by atoms with Crippen molar-refractivity contribution in [1.29, 1.82) is 0 Å². The van der Waals surface area contributed by atoms with Gasteiger partial charge in [-0.2, -0.15) is 0 Å². The minimum Gasteiger partial charge on any atom is -0.314 e. The van der Waals surface area contributed by atoms with E-state index < -0.39 is 0 Å². The molecule has 3 nitrogen and oxygen atoms in total. The van der Waals surface area contributed by atoms with Crippen LogP contribution in [-0.4, -0.2) is 36.1 Å². The molecule has 0 aliphatic carbocycles. The van der Waals surface area contributed by atoms with Crippen LogP contribution in [0.4, 0.5) is 0 Å². The van der Waals surface area contributed by atoms with Gasteiger partial charge in [0, 0.05) is 44.6 Å². The molecule has 1 aromatic heterocycles. The molecule has 0 radical (unpaired) electrons. The fraction of sp³-hybridized carbons (Fsp3) is 0.643. The number of pyridine rings is 1. The summed E-state index contributed by atoms with van der Waals surface area (Å²) in [6.45, 7) is 9.10. The Morgan fingerprint density at radius 1 is 1.26 bits per heavy atom. The zero-order valence-corrected chi connectivity index (χ0v) is 13.3. The lowest BCUT2D eigenvalue weighted by Gasteiger charge is -2.36. The Morgan fingerprint density at radius 3 is 2.47 bits per heavy atom. The van der Waals surface area contributed by atoms with Gasteiger partial charge in [-0.05, 0) is 24.0 Å². The lowest BCUT2D eigenvalue weighted by atomic mass is 9.96. The molecule has 2 rings (SSSR count). The van der Waals surface area contributed by atoms with Gasteiger partial charge in [0.25, 0.3) is 0 Å². The SMILES string of the molecule is CC(C)C[C@@H](c1cccnc1)N1CCNCC1.Cl.Cl. The van der Waals surface area contributed by atoms with Gasteiger partial charge in [-0.3, -0.25) is 9.88 Å². The Bertz CT molecular complexity index is 327. The topological polar surface area (TPSA) is 28.2 Å². The van der Waals surface area contributed by atoms with E-state index in [-0.39, 0.29) is 24.8 Å². The Labute approximate surface area is 129 Å². The maximum Gasteiger partial charge on any atom is 0.0366 e. The third-order valence-corrected chi connectivity index (χ3v) is 3.36. The first-order chi connectivity index (χ1) is 8.27. The number of halogens is 2. The van der Waals surface area contributed by atoms with Crippen LogP contribution in [0.5, 0.6) is 0 Å². The second kappa shape index (κ2) is 9.54. The van der Waals surface area contributed by atoms with Gasteiger partial charge in [-0.1, -0.05) is 19.9 Å². The zero-order chi connectivity index (χ0) is 12.1. The van der Waals surface area contributed by atoms with E-state index in [1.807, 2.05) is 18.5 Å². The highest BCUT2D eigenvalue weighted by atomic mass is 35.5.